The minimum absolute atomic E-state index is 0.126. The van der Waals surface area contributed by atoms with Crippen LogP contribution in [0.5, 0.6) is 0 Å². The highest BCUT2D eigenvalue weighted by Crippen LogP contribution is 2.30. The molecule has 142 valence electrons. The van der Waals surface area contributed by atoms with Gasteiger partial charge in [0.2, 0.25) is 0 Å². The van der Waals surface area contributed by atoms with Gasteiger partial charge in [-0.05, 0) is 68.7 Å². The molecule has 3 aliphatic heterocycles. The number of carbonyl (C=O) groups excluding carboxylic acids is 1. The van der Waals surface area contributed by atoms with Gasteiger partial charge in [-0.3, -0.25) is 4.79 Å². The monoisotopic (exact) mass is 357 g/mol. The van der Waals surface area contributed by atoms with Gasteiger partial charge in [-0.1, -0.05) is 12.1 Å². The van der Waals surface area contributed by atoms with Crippen LogP contribution in [0.1, 0.15) is 41.6 Å². The van der Waals surface area contributed by atoms with E-state index >= 15 is 0 Å². The van der Waals surface area contributed by atoms with Crippen LogP contribution >= 0.6 is 0 Å². The van der Waals surface area contributed by atoms with E-state index in [9.17, 15) is 9.90 Å². The van der Waals surface area contributed by atoms with Crippen molar-refractivity contribution in [1.82, 2.24) is 9.80 Å². The zero-order valence-electron chi connectivity index (χ0n) is 15.6. The van der Waals surface area contributed by atoms with Gasteiger partial charge in [0.05, 0.1) is 11.3 Å². The molecular weight excluding hydrogens is 326 g/mol. The van der Waals surface area contributed by atoms with Crippen molar-refractivity contribution in [2.75, 3.05) is 51.2 Å². The summed E-state index contributed by atoms with van der Waals surface area (Å²) in [6, 6.07) is 6.09. The van der Waals surface area contributed by atoms with Crippen molar-refractivity contribution >= 4 is 11.6 Å². The number of aliphatic hydroxyl groups is 1. The van der Waals surface area contributed by atoms with Crippen LogP contribution in [0.4, 0.5) is 5.69 Å². The first kappa shape index (κ1) is 17.8. The van der Waals surface area contributed by atoms with Crippen LogP contribution in [0.15, 0.2) is 18.2 Å². The maximum absolute atomic E-state index is 13.3. The molecule has 2 fully saturated rings. The number of fused-ring (bicyclic) bond motifs is 1. The van der Waals surface area contributed by atoms with E-state index in [0.29, 0.717) is 12.5 Å². The number of anilines is 1. The summed E-state index contributed by atoms with van der Waals surface area (Å²) in [5.41, 5.74) is 3.10. The Morgan fingerprint density at radius 2 is 1.96 bits per heavy atom. The van der Waals surface area contributed by atoms with Crippen LogP contribution in [-0.4, -0.2) is 66.7 Å². The van der Waals surface area contributed by atoms with Crippen molar-refractivity contribution in [3.8, 4) is 0 Å². The Bertz CT molecular complexity index is 642. The van der Waals surface area contributed by atoms with E-state index in [1.807, 2.05) is 17.0 Å². The molecule has 1 aromatic carbocycles. The van der Waals surface area contributed by atoms with Crippen LogP contribution in [0.3, 0.4) is 0 Å². The van der Waals surface area contributed by atoms with Crippen molar-refractivity contribution in [1.29, 1.82) is 0 Å². The zero-order valence-corrected chi connectivity index (χ0v) is 15.6. The number of amides is 1. The summed E-state index contributed by atoms with van der Waals surface area (Å²) in [5.74, 6) is 0.795. The molecule has 2 N–H and O–H groups in total. The van der Waals surface area contributed by atoms with Gasteiger partial charge in [-0.2, -0.15) is 0 Å². The van der Waals surface area contributed by atoms with E-state index in [0.717, 1.165) is 50.1 Å². The molecule has 0 aromatic heterocycles. The lowest BCUT2D eigenvalue weighted by Crippen LogP contribution is -2.47. The van der Waals surface area contributed by atoms with Crippen LogP contribution < -0.4 is 5.32 Å². The summed E-state index contributed by atoms with van der Waals surface area (Å²) in [6.45, 7) is 6.03. The lowest BCUT2D eigenvalue weighted by atomic mass is 9.88. The average Bonchev–Trinajstić information content (AvgIpc) is 3.19. The summed E-state index contributed by atoms with van der Waals surface area (Å²) in [6.07, 6.45) is 5.78. The fraction of sp³-hybridized carbons (Fsp3) is 0.667. The van der Waals surface area contributed by atoms with E-state index in [2.05, 4.69) is 16.3 Å². The van der Waals surface area contributed by atoms with Gasteiger partial charge in [0, 0.05) is 32.8 Å². The molecular formula is C21H31N3O2. The molecule has 3 heterocycles. The van der Waals surface area contributed by atoms with Crippen molar-refractivity contribution in [3.63, 3.8) is 0 Å². The summed E-state index contributed by atoms with van der Waals surface area (Å²) >= 11 is 0. The van der Waals surface area contributed by atoms with Gasteiger partial charge in [-0.15, -0.1) is 0 Å². The molecule has 0 saturated carbocycles. The molecule has 0 radical (unpaired) electrons. The number of nitrogens with zero attached hydrogens (tertiary/aromatic N) is 2. The van der Waals surface area contributed by atoms with Gasteiger partial charge < -0.3 is 20.2 Å². The second-order valence-corrected chi connectivity index (χ2v) is 8.24. The first-order valence-corrected chi connectivity index (χ1v) is 10.2. The predicted octanol–water partition coefficient (Wildman–Crippen LogP) is 2.21. The molecule has 1 amide bonds. The molecule has 2 saturated heterocycles. The number of likely N-dealkylation sites (tertiary alicyclic amines) is 2. The summed E-state index contributed by atoms with van der Waals surface area (Å²) < 4.78 is 0. The number of aliphatic hydroxyl groups excluding tert-OH is 1. The smallest absolute Gasteiger partial charge is 0.255 e. The van der Waals surface area contributed by atoms with Crippen LogP contribution in [-0.2, 0) is 6.42 Å². The lowest BCUT2D eigenvalue weighted by molar-refractivity contribution is 0.0466. The molecule has 3 aliphatic rings. The summed E-state index contributed by atoms with van der Waals surface area (Å²) in [4.78, 5) is 17.8. The van der Waals surface area contributed by atoms with Crippen LogP contribution in [0.2, 0.25) is 0 Å². The largest absolute Gasteiger partial charge is 0.396 e. The molecule has 2 atom stereocenters. The Morgan fingerprint density at radius 3 is 2.77 bits per heavy atom. The molecule has 4 rings (SSSR count). The number of benzene rings is 1. The lowest BCUT2D eigenvalue weighted by Gasteiger charge is -2.39. The Balaban J connectivity index is 1.50. The van der Waals surface area contributed by atoms with Crippen molar-refractivity contribution in [3.05, 3.63) is 29.3 Å². The minimum Gasteiger partial charge on any atom is -0.396 e. The number of aryl methyl sites for hydroxylation is 1. The highest BCUT2D eigenvalue weighted by Gasteiger charge is 2.32. The molecule has 2 unspecified atom stereocenters. The van der Waals surface area contributed by atoms with Gasteiger partial charge in [-0.25, -0.2) is 0 Å². The Hall–Kier alpha value is -1.59. The molecule has 5 heteroatoms. The van der Waals surface area contributed by atoms with Gasteiger partial charge in [0.1, 0.15) is 0 Å². The topological polar surface area (TPSA) is 55.8 Å². The van der Waals surface area contributed by atoms with Crippen LogP contribution in [0.25, 0.3) is 0 Å². The van der Waals surface area contributed by atoms with Gasteiger partial charge >= 0.3 is 0 Å². The molecule has 26 heavy (non-hydrogen) atoms. The molecule has 1 aromatic rings. The average molecular weight is 357 g/mol. The Labute approximate surface area is 156 Å². The number of carbonyl (C=O) groups is 1. The fourth-order valence-corrected chi connectivity index (χ4v) is 4.94. The highest BCUT2D eigenvalue weighted by molar-refractivity contribution is 6.00. The van der Waals surface area contributed by atoms with Gasteiger partial charge in [0.25, 0.3) is 5.91 Å². The third-order valence-corrected chi connectivity index (χ3v) is 6.19. The molecule has 0 spiro atoms. The quantitative estimate of drug-likeness (QED) is 0.868. The van der Waals surface area contributed by atoms with Crippen molar-refractivity contribution in [2.45, 2.75) is 32.1 Å². The summed E-state index contributed by atoms with van der Waals surface area (Å²) in [7, 11) is 0. The maximum atomic E-state index is 13.3. The van der Waals surface area contributed by atoms with Crippen LogP contribution in [0, 0.1) is 11.8 Å². The molecule has 5 nitrogen and oxygen atoms in total. The number of hydrogen-bond donors (Lipinski definition) is 2. The first-order chi connectivity index (χ1) is 12.7. The second kappa shape index (κ2) is 7.97. The maximum Gasteiger partial charge on any atom is 0.255 e. The predicted molar refractivity (Wildman–Crippen MR) is 104 cm³/mol. The Morgan fingerprint density at radius 1 is 1.15 bits per heavy atom. The number of rotatable bonds is 4. The third-order valence-electron chi connectivity index (χ3n) is 6.19. The zero-order chi connectivity index (χ0) is 17.9. The van der Waals surface area contributed by atoms with E-state index in [1.165, 1.54) is 31.5 Å². The molecule has 0 bridgehead atoms. The molecule has 0 aliphatic carbocycles. The number of nitrogens with one attached hydrogen (secondary N) is 1. The normalized spacial score (nSPS) is 26.4. The number of piperidine rings is 1. The Kier molecular flexibility index (Phi) is 5.46. The van der Waals surface area contributed by atoms with E-state index in [1.54, 1.807) is 0 Å². The highest BCUT2D eigenvalue weighted by atomic mass is 16.3. The fourth-order valence-electron chi connectivity index (χ4n) is 4.94. The second-order valence-electron chi connectivity index (χ2n) is 8.24. The number of para-hydroxylation sites is 1. The number of hydrogen-bond acceptors (Lipinski definition) is 4. The van der Waals surface area contributed by atoms with Gasteiger partial charge in [0.15, 0.2) is 0 Å². The van der Waals surface area contributed by atoms with E-state index in [4.69, 9.17) is 0 Å². The summed E-state index contributed by atoms with van der Waals surface area (Å²) in [5, 5.41) is 13.2. The SMILES string of the molecule is O=C(c1cccc2c1NCCC2)N1CC(CO)CC(CN2CCCC2)C1. The standard InChI is InChI=1S/C21H31N3O2/c25-15-17-11-16(12-23-9-1-2-10-23)13-24(14-17)21(26)19-7-3-5-18-6-4-8-22-20(18)19/h3,5,7,16-17,22,25H,1-2,4,6,8-15H2. The first-order valence-electron chi connectivity index (χ1n) is 10.2. The minimum atomic E-state index is 0.126. The van der Waals surface area contributed by atoms with Crippen molar-refractivity contribution < 1.29 is 9.90 Å². The van der Waals surface area contributed by atoms with E-state index in [-0.39, 0.29) is 18.4 Å². The van der Waals surface area contributed by atoms with Crippen molar-refractivity contribution in [2.24, 2.45) is 11.8 Å². The van der Waals surface area contributed by atoms with E-state index < -0.39 is 0 Å². The third kappa shape index (κ3) is 3.74.